The molecule has 0 saturated heterocycles. The fourth-order valence-corrected chi connectivity index (χ4v) is 4.27. The summed E-state index contributed by atoms with van der Waals surface area (Å²) in [4.78, 5) is 85.8. The molecule has 0 radical (unpaired) electrons. The Morgan fingerprint density at radius 3 is 1.78 bits per heavy atom. The highest BCUT2D eigenvalue weighted by atomic mass is 16.3. The van der Waals surface area contributed by atoms with E-state index < -0.39 is 96.9 Å². The van der Waals surface area contributed by atoms with Crippen molar-refractivity contribution in [2.24, 2.45) is 22.9 Å². The summed E-state index contributed by atoms with van der Waals surface area (Å²) in [6.07, 6.45) is -0.527. The molecule has 0 spiro atoms. The molecule has 4 unspecified atom stereocenters. The molecule has 0 aliphatic rings. The smallest absolute Gasteiger partial charge is 0.245 e. The molecule has 19 heteroatoms. The Morgan fingerprint density at radius 1 is 0.694 bits per heavy atom. The molecule has 1 aromatic rings. The van der Waals surface area contributed by atoms with Crippen LogP contribution in [0.15, 0.2) is 30.3 Å². The van der Waals surface area contributed by atoms with Crippen molar-refractivity contribution in [1.29, 1.82) is 0 Å². The Labute approximate surface area is 283 Å². The number of nitrogens with one attached hydrogen (secondary N) is 5. The average molecular weight is 696 g/mol. The highest BCUT2D eigenvalue weighted by molar-refractivity contribution is 5.94. The minimum Gasteiger partial charge on any atom is -0.394 e. The number of benzene rings is 1. The van der Waals surface area contributed by atoms with Gasteiger partial charge in [-0.15, -0.1) is 0 Å². The predicted molar refractivity (Wildman–Crippen MR) is 174 cm³/mol. The lowest BCUT2D eigenvalue weighted by molar-refractivity contribution is -0.133. The largest absolute Gasteiger partial charge is 0.394 e. The summed E-state index contributed by atoms with van der Waals surface area (Å²) in [5.74, 6) is -5.60. The standard InChI is InChI=1S/C30H49N9O10/c1-16(42)24(32)30(49)39-22(15-41)29(48)36-19(25(33)44)10-11-23(43)35-12-6-5-9-18(31)27(46)37-20(13-17-7-3-2-4-8-17)28(47)38-21(14-40)26(34)45/h2-4,7-8,16,18-22,24,40-42H,5-6,9-15,31-32H2,1H3,(H2,33,44)(H2,34,45)(H,35,43)(H,36,48)(H,37,46)(H,38,47)(H,39,49)/t16-,18?,19?,20?,21?,22+,24+/m1/s1. The minimum atomic E-state index is -1.49. The monoisotopic (exact) mass is 695 g/mol. The average Bonchev–Trinajstić information content (AvgIpc) is 3.06. The second-order valence-corrected chi connectivity index (χ2v) is 11.4. The van der Waals surface area contributed by atoms with Gasteiger partial charge in [-0.1, -0.05) is 30.3 Å². The lowest BCUT2D eigenvalue weighted by Gasteiger charge is -2.23. The summed E-state index contributed by atoms with van der Waals surface area (Å²) in [6.45, 7) is -0.107. The fourth-order valence-electron chi connectivity index (χ4n) is 4.27. The van der Waals surface area contributed by atoms with E-state index >= 15 is 0 Å². The van der Waals surface area contributed by atoms with E-state index in [1.165, 1.54) is 6.92 Å². The number of hydrogen-bond donors (Lipinski definition) is 12. The SMILES string of the molecule is C[C@@H](O)[C@H](N)C(=O)N[C@@H](CO)C(=O)NC(CCC(=O)NCCCCC(N)C(=O)NC(Cc1ccccc1)C(=O)NC(CO)C(N)=O)C(N)=O. The van der Waals surface area contributed by atoms with Gasteiger partial charge in [-0.05, 0) is 38.2 Å². The molecule has 0 fully saturated rings. The van der Waals surface area contributed by atoms with E-state index in [2.05, 4.69) is 26.6 Å². The lowest BCUT2D eigenvalue weighted by Crippen LogP contribution is -2.58. The quantitative estimate of drug-likeness (QED) is 0.0477. The third-order valence-corrected chi connectivity index (χ3v) is 7.32. The Kier molecular flexibility index (Phi) is 19.0. The molecule has 0 heterocycles. The van der Waals surface area contributed by atoms with Gasteiger partial charge >= 0.3 is 0 Å². The number of amides is 7. The maximum Gasteiger partial charge on any atom is 0.245 e. The van der Waals surface area contributed by atoms with Crippen LogP contribution in [0.5, 0.6) is 0 Å². The Morgan fingerprint density at radius 2 is 1.22 bits per heavy atom. The van der Waals surface area contributed by atoms with E-state index in [0.29, 0.717) is 18.4 Å². The molecule has 0 saturated carbocycles. The number of aliphatic hydroxyl groups is 3. The van der Waals surface area contributed by atoms with Crippen molar-refractivity contribution in [2.75, 3.05) is 19.8 Å². The van der Waals surface area contributed by atoms with Gasteiger partial charge in [0.1, 0.15) is 30.2 Å². The highest BCUT2D eigenvalue weighted by Gasteiger charge is 2.29. The van der Waals surface area contributed by atoms with Crippen LogP contribution in [0.25, 0.3) is 0 Å². The van der Waals surface area contributed by atoms with Crippen LogP contribution >= 0.6 is 0 Å². The predicted octanol–water partition coefficient (Wildman–Crippen LogP) is -5.77. The van der Waals surface area contributed by atoms with Crippen molar-refractivity contribution in [2.45, 2.75) is 87.8 Å². The minimum absolute atomic E-state index is 0.0750. The summed E-state index contributed by atoms with van der Waals surface area (Å²) in [5, 5.41) is 40.2. The summed E-state index contributed by atoms with van der Waals surface area (Å²) in [6, 6.07) is 1.14. The van der Waals surface area contributed by atoms with Crippen LogP contribution in [0.2, 0.25) is 0 Å². The van der Waals surface area contributed by atoms with E-state index in [9.17, 15) is 48.9 Å². The van der Waals surface area contributed by atoms with Gasteiger partial charge in [0.15, 0.2) is 0 Å². The summed E-state index contributed by atoms with van der Waals surface area (Å²) in [5.41, 5.74) is 22.8. The molecule has 1 rings (SSSR count). The van der Waals surface area contributed by atoms with E-state index in [-0.39, 0.29) is 32.2 Å². The van der Waals surface area contributed by atoms with Crippen molar-refractivity contribution < 1.29 is 48.9 Å². The van der Waals surface area contributed by atoms with Gasteiger partial charge in [-0.2, -0.15) is 0 Å². The van der Waals surface area contributed by atoms with Gasteiger partial charge in [0.2, 0.25) is 41.4 Å². The molecule has 16 N–H and O–H groups in total. The number of unbranched alkanes of at least 4 members (excludes halogenated alkanes) is 1. The second-order valence-electron chi connectivity index (χ2n) is 11.4. The normalized spacial score (nSPS) is 15.2. The van der Waals surface area contributed by atoms with Gasteiger partial charge in [-0.3, -0.25) is 33.6 Å². The van der Waals surface area contributed by atoms with Gasteiger partial charge < -0.3 is 64.8 Å². The van der Waals surface area contributed by atoms with Gasteiger partial charge in [-0.25, -0.2) is 0 Å². The molecule has 1 aromatic carbocycles. The molecule has 0 bridgehead atoms. The maximum atomic E-state index is 12.8. The van der Waals surface area contributed by atoms with Crippen LogP contribution in [0.3, 0.4) is 0 Å². The zero-order chi connectivity index (χ0) is 37.1. The summed E-state index contributed by atoms with van der Waals surface area (Å²) < 4.78 is 0. The van der Waals surface area contributed by atoms with Gasteiger partial charge in [0.05, 0.1) is 25.4 Å². The zero-order valence-electron chi connectivity index (χ0n) is 27.3. The lowest BCUT2D eigenvalue weighted by atomic mass is 10.0. The van der Waals surface area contributed by atoms with Gasteiger partial charge in [0.25, 0.3) is 0 Å². The highest BCUT2D eigenvalue weighted by Crippen LogP contribution is 2.06. The molecule has 19 nitrogen and oxygen atoms in total. The Hall–Kier alpha value is -4.69. The first-order chi connectivity index (χ1) is 23.1. The number of rotatable bonds is 23. The molecule has 0 aliphatic carbocycles. The van der Waals surface area contributed by atoms with E-state index in [4.69, 9.17) is 22.9 Å². The second kappa shape index (κ2) is 22.0. The maximum absolute atomic E-state index is 12.8. The Bertz CT molecular complexity index is 1270. The van der Waals surface area contributed by atoms with Crippen molar-refractivity contribution in [3.8, 4) is 0 Å². The molecule has 0 aromatic heterocycles. The van der Waals surface area contributed by atoms with Crippen molar-refractivity contribution in [1.82, 2.24) is 26.6 Å². The van der Waals surface area contributed by atoms with E-state index in [0.717, 1.165) is 0 Å². The fraction of sp³-hybridized carbons (Fsp3) is 0.567. The Balaban J connectivity index is 2.55. The topological polar surface area (TPSA) is 344 Å². The third-order valence-electron chi connectivity index (χ3n) is 7.32. The molecule has 7 amide bonds. The number of carbonyl (C=O) groups is 7. The number of hydrogen-bond acceptors (Lipinski definition) is 12. The first kappa shape index (κ1) is 42.3. The van der Waals surface area contributed by atoms with Crippen LogP contribution in [0.4, 0.5) is 0 Å². The molecule has 0 aliphatic heterocycles. The van der Waals surface area contributed by atoms with Gasteiger partial charge in [0, 0.05) is 19.4 Å². The van der Waals surface area contributed by atoms with Crippen LogP contribution in [-0.2, 0) is 40.0 Å². The third kappa shape index (κ3) is 15.8. The number of primary amides is 2. The van der Waals surface area contributed by atoms with Crippen LogP contribution in [0, 0.1) is 0 Å². The zero-order valence-corrected chi connectivity index (χ0v) is 27.3. The first-order valence-electron chi connectivity index (χ1n) is 15.6. The summed E-state index contributed by atoms with van der Waals surface area (Å²) in [7, 11) is 0. The molecule has 49 heavy (non-hydrogen) atoms. The van der Waals surface area contributed by atoms with E-state index in [1.54, 1.807) is 30.3 Å². The van der Waals surface area contributed by atoms with Crippen LogP contribution < -0.4 is 49.5 Å². The van der Waals surface area contributed by atoms with Crippen molar-refractivity contribution in [3.05, 3.63) is 35.9 Å². The first-order valence-corrected chi connectivity index (χ1v) is 15.6. The number of aliphatic hydroxyl groups excluding tert-OH is 3. The van der Waals surface area contributed by atoms with Crippen molar-refractivity contribution in [3.63, 3.8) is 0 Å². The molecule has 274 valence electrons. The van der Waals surface area contributed by atoms with E-state index in [1.807, 2.05) is 0 Å². The number of nitrogens with two attached hydrogens (primary N) is 4. The molecular weight excluding hydrogens is 646 g/mol. The number of carbonyl (C=O) groups excluding carboxylic acids is 7. The van der Waals surface area contributed by atoms with Crippen LogP contribution in [-0.4, -0.2) is 119 Å². The van der Waals surface area contributed by atoms with Crippen LogP contribution in [0.1, 0.15) is 44.6 Å². The summed E-state index contributed by atoms with van der Waals surface area (Å²) >= 11 is 0. The molecular formula is C30H49N9O10. The molecule has 7 atom stereocenters. The van der Waals surface area contributed by atoms with Crippen molar-refractivity contribution >= 4 is 41.4 Å².